The van der Waals surface area contributed by atoms with Crippen molar-refractivity contribution in [3.8, 4) is 0 Å². The van der Waals surface area contributed by atoms with Crippen LogP contribution >= 0.6 is 11.6 Å². The van der Waals surface area contributed by atoms with Gasteiger partial charge in [-0.25, -0.2) is 4.79 Å². The zero-order valence-electron chi connectivity index (χ0n) is 10.1. The van der Waals surface area contributed by atoms with Gasteiger partial charge in [0, 0.05) is 10.7 Å². The first-order valence-corrected chi connectivity index (χ1v) is 5.89. The zero-order chi connectivity index (χ0) is 14.5. The second-order valence-electron chi connectivity index (χ2n) is 3.75. The van der Waals surface area contributed by atoms with E-state index in [2.05, 4.69) is 20.8 Å². The summed E-state index contributed by atoms with van der Waals surface area (Å²) in [7, 11) is 0. The lowest BCUT2D eigenvalue weighted by Crippen LogP contribution is -2.21. The topological polar surface area (TPSA) is 110 Å². The fraction of sp³-hybridized carbons (Fsp3) is 0. The molecule has 0 radical (unpaired) electrons. The lowest BCUT2D eigenvalue weighted by atomic mass is 10.3. The maximum atomic E-state index is 11.7. The van der Waals surface area contributed by atoms with Gasteiger partial charge in [-0.15, -0.1) is 10.2 Å². The molecular formula is C12H10ClN5O2. The highest BCUT2D eigenvalue weighted by atomic mass is 35.5. The number of hydrogen-bond acceptors (Lipinski definition) is 4. The van der Waals surface area contributed by atoms with Gasteiger partial charge in [-0.1, -0.05) is 11.6 Å². The molecule has 4 N–H and O–H groups in total. The van der Waals surface area contributed by atoms with Gasteiger partial charge in [0.25, 0.3) is 5.91 Å². The van der Waals surface area contributed by atoms with Crippen LogP contribution in [0.25, 0.3) is 0 Å². The monoisotopic (exact) mass is 291 g/mol. The summed E-state index contributed by atoms with van der Waals surface area (Å²) in [6, 6.07) is 8.92. The number of anilines is 2. The molecule has 0 spiro atoms. The van der Waals surface area contributed by atoms with E-state index in [0.717, 1.165) is 0 Å². The molecule has 0 aliphatic carbocycles. The summed E-state index contributed by atoms with van der Waals surface area (Å²) < 4.78 is 0. The second kappa shape index (κ2) is 5.98. The van der Waals surface area contributed by atoms with Crippen LogP contribution in [0.4, 0.5) is 16.3 Å². The van der Waals surface area contributed by atoms with Crippen LogP contribution in [0.5, 0.6) is 0 Å². The predicted octanol–water partition coefficient (Wildman–Crippen LogP) is 1.87. The van der Waals surface area contributed by atoms with E-state index in [-0.39, 0.29) is 11.5 Å². The summed E-state index contributed by atoms with van der Waals surface area (Å²) in [5, 5.41) is 12.8. The summed E-state index contributed by atoms with van der Waals surface area (Å²) >= 11 is 5.73. The minimum absolute atomic E-state index is 0.0219. The molecule has 102 valence electrons. The zero-order valence-corrected chi connectivity index (χ0v) is 10.9. The van der Waals surface area contributed by atoms with Gasteiger partial charge in [0.2, 0.25) is 0 Å². The standard InChI is InChI=1S/C12H10ClN5O2/c13-7-1-3-8(4-2-7)15-12(20)16-10-6-5-9(11(14)19)17-18-10/h1-6H,(H2,14,19)(H2,15,16,18,20). The lowest BCUT2D eigenvalue weighted by Gasteiger charge is -2.06. The molecule has 8 heteroatoms. The van der Waals surface area contributed by atoms with Crippen LogP contribution in [0.1, 0.15) is 10.5 Å². The van der Waals surface area contributed by atoms with Crippen LogP contribution in [-0.4, -0.2) is 22.1 Å². The number of carbonyl (C=O) groups excluding carboxylic acids is 2. The summed E-state index contributed by atoms with van der Waals surface area (Å²) in [5.41, 5.74) is 5.63. The summed E-state index contributed by atoms with van der Waals surface area (Å²) in [4.78, 5) is 22.5. The third-order valence-corrected chi connectivity index (χ3v) is 2.51. The first-order valence-electron chi connectivity index (χ1n) is 5.52. The van der Waals surface area contributed by atoms with Gasteiger partial charge >= 0.3 is 6.03 Å². The molecule has 1 aromatic carbocycles. The molecule has 2 aromatic rings. The Morgan fingerprint density at radius 3 is 2.25 bits per heavy atom. The third kappa shape index (κ3) is 3.66. The van der Waals surface area contributed by atoms with E-state index in [1.165, 1.54) is 12.1 Å². The van der Waals surface area contributed by atoms with Gasteiger partial charge < -0.3 is 11.1 Å². The molecule has 0 aliphatic heterocycles. The van der Waals surface area contributed by atoms with Gasteiger partial charge in [0.1, 0.15) is 0 Å². The highest BCUT2D eigenvalue weighted by Gasteiger charge is 2.06. The smallest absolute Gasteiger partial charge is 0.324 e. The highest BCUT2D eigenvalue weighted by molar-refractivity contribution is 6.30. The number of hydrogen-bond donors (Lipinski definition) is 3. The summed E-state index contributed by atoms with van der Waals surface area (Å²) in [6.45, 7) is 0. The van der Waals surface area contributed by atoms with E-state index >= 15 is 0 Å². The number of aromatic nitrogens is 2. The molecule has 0 bridgehead atoms. The molecule has 0 atom stereocenters. The van der Waals surface area contributed by atoms with Crippen molar-refractivity contribution >= 4 is 35.0 Å². The number of nitrogens with two attached hydrogens (primary N) is 1. The lowest BCUT2D eigenvalue weighted by molar-refractivity contribution is 0.0994. The maximum Gasteiger partial charge on any atom is 0.324 e. The first-order chi connectivity index (χ1) is 9.54. The fourth-order valence-corrected chi connectivity index (χ4v) is 1.47. The van der Waals surface area contributed by atoms with Gasteiger partial charge in [0.15, 0.2) is 11.5 Å². The van der Waals surface area contributed by atoms with E-state index in [0.29, 0.717) is 10.7 Å². The SMILES string of the molecule is NC(=O)c1ccc(NC(=O)Nc2ccc(Cl)cc2)nn1. The largest absolute Gasteiger partial charge is 0.364 e. The van der Waals surface area contributed by atoms with Crippen molar-refractivity contribution in [1.82, 2.24) is 10.2 Å². The van der Waals surface area contributed by atoms with Crippen LogP contribution < -0.4 is 16.4 Å². The molecule has 1 aromatic heterocycles. The van der Waals surface area contributed by atoms with Gasteiger partial charge in [0.05, 0.1) is 0 Å². The molecule has 7 nitrogen and oxygen atoms in total. The van der Waals surface area contributed by atoms with Crippen molar-refractivity contribution in [2.24, 2.45) is 5.73 Å². The number of rotatable bonds is 3. The molecule has 3 amide bonds. The first kappa shape index (κ1) is 13.8. The Morgan fingerprint density at radius 2 is 1.70 bits per heavy atom. The Morgan fingerprint density at radius 1 is 1.00 bits per heavy atom. The molecule has 0 unspecified atom stereocenters. The third-order valence-electron chi connectivity index (χ3n) is 2.26. The van der Waals surface area contributed by atoms with Gasteiger partial charge in [-0.05, 0) is 36.4 Å². The van der Waals surface area contributed by atoms with Crippen LogP contribution in [0.15, 0.2) is 36.4 Å². The van der Waals surface area contributed by atoms with E-state index in [1.807, 2.05) is 0 Å². The van der Waals surface area contributed by atoms with Crippen LogP contribution in [-0.2, 0) is 0 Å². The number of primary amides is 1. The Labute approximate surface area is 119 Å². The molecule has 0 saturated heterocycles. The number of amides is 3. The highest BCUT2D eigenvalue weighted by Crippen LogP contribution is 2.13. The average Bonchev–Trinajstić information content (AvgIpc) is 2.42. The Balaban J connectivity index is 1.97. The van der Waals surface area contributed by atoms with E-state index in [9.17, 15) is 9.59 Å². The molecule has 2 rings (SSSR count). The van der Waals surface area contributed by atoms with Crippen LogP contribution in [0, 0.1) is 0 Å². The van der Waals surface area contributed by atoms with Crippen molar-refractivity contribution in [3.05, 3.63) is 47.1 Å². The second-order valence-corrected chi connectivity index (χ2v) is 4.19. The molecular weight excluding hydrogens is 282 g/mol. The summed E-state index contributed by atoms with van der Waals surface area (Å²) in [6.07, 6.45) is 0. The Hall–Kier alpha value is -2.67. The van der Waals surface area contributed by atoms with Crippen molar-refractivity contribution in [2.75, 3.05) is 10.6 Å². The number of nitrogens with zero attached hydrogens (tertiary/aromatic N) is 2. The molecule has 0 aliphatic rings. The maximum absolute atomic E-state index is 11.7. The molecule has 1 heterocycles. The molecule has 20 heavy (non-hydrogen) atoms. The number of urea groups is 1. The van der Waals surface area contributed by atoms with Gasteiger partial charge in [-0.2, -0.15) is 0 Å². The number of halogens is 1. The number of nitrogens with one attached hydrogen (secondary N) is 2. The minimum Gasteiger partial charge on any atom is -0.364 e. The van der Waals surface area contributed by atoms with Crippen molar-refractivity contribution in [2.45, 2.75) is 0 Å². The van der Waals surface area contributed by atoms with Crippen molar-refractivity contribution in [1.29, 1.82) is 0 Å². The number of carbonyl (C=O) groups is 2. The van der Waals surface area contributed by atoms with Gasteiger partial charge in [-0.3, -0.25) is 10.1 Å². The van der Waals surface area contributed by atoms with E-state index < -0.39 is 11.9 Å². The molecule has 0 fully saturated rings. The summed E-state index contributed by atoms with van der Waals surface area (Å²) in [5.74, 6) is -0.490. The molecule has 0 saturated carbocycles. The Bertz CT molecular complexity index is 627. The van der Waals surface area contributed by atoms with Crippen molar-refractivity contribution < 1.29 is 9.59 Å². The minimum atomic E-state index is -0.685. The van der Waals surface area contributed by atoms with Crippen molar-refractivity contribution in [3.63, 3.8) is 0 Å². The average molecular weight is 292 g/mol. The normalized spacial score (nSPS) is 9.85. The van der Waals surface area contributed by atoms with E-state index in [4.69, 9.17) is 17.3 Å². The van der Waals surface area contributed by atoms with Crippen LogP contribution in [0.3, 0.4) is 0 Å². The number of benzene rings is 1. The quantitative estimate of drug-likeness (QED) is 0.801. The fourth-order valence-electron chi connectivity index (χ4n) is 1.34. The van der Waals surface area contributed by atoms with E-state index in [1.54, 1.807) is 24.3 Å². The van der Waals surface area contributed by atoms with Crippen LogP contribution in [0.2, 0.25) is 5.02 Å². The Kier molecular flexibility index (Phi) is 4.11. The predicted molar refractivity (Wildman–Crippen MR) is 74.6 cm³/mol.